The Balaban J connectivity index is 2.37. The Morgan fingerprint density at radius 1 is 1.38 bits per heavy atom. The number of aromatic nitrogens is 1. The van der Waals surface area contributed by atoms with Gasteiger partial charge in [-0.2, -0.15) is 4.37 Å². The Bertz CT molecular complexity index is 403. The van der Waals surface area contributed by atoms with Gasteiger partial charge in [0.2, 0.25) is 0 Å². The van der Waals surface area contributed by atoms with Gasteiger partial charge in [0.05, 0.1) is 4.70 Å². The molecule has 0 aliphatic carbocycles. The van der Waals surface area contributed by atoms with Crippen molar-refractivity contribution in [1.29, 1.82) is 0 Å². The lowest BCUT2D eigenvalue weighted by molar-refractivity contribution is 0.648. The van der Waals surface area contributed by atoms with Crippen LogP contribution < -0.4 is 0 Å². The molecule has 0 spiro atoms. The number of nitrogens with zero attached hydrogens (tertiary/aromatic N) is 1. The lowest BCUT2D eigenvalue weighted by atomic mass is 10.0. The second kappa shape index (κ2) is 3.46. The van der Waals surface area contributed by atoms with E-state index in [1.165, 1.54) is 15.6 Å². The lowest BCUT2D eigenvalue weighted by Gasteiger charge is -2.03. The van der Waals surface area contributed by atoms with Crippen LogP contribution in [0, 0.1) is 5.92 Å². The molecule has 2 aromatic rings. The van der Waals surface area contributed by atoms with E-state index in [-0.39, 0.29) is 0 Å². The molecule has 0 unspecified atom stereocenters. The van der Waals surface area contributed by atoms with E-state index in [9.17, 15) is 0 Å². The van der Waals surface area contributed by atoms with Crippen molar-refractivity contribution in [1.82, 2.24) is 4.37 Å². The van der Waals surface area contributed by atoms with Crippen LogP contribution in [-0.4, -0.2) is 4.37 Å². The van der Waals surface area contributed by atoms with Crippen LogP contribution in [0.5, 0.6) is 0 Å². The summed E-state index contributed by atoms with van der Waals surface area (Å²) in [5.74, 6) is 0.727. The maximum absolute atomic E-state index is 4.16. The molecule has 1 aromatic heterocycles. The molecule has 0 fully saturated rings. The maximum atomic E-state index is 4.16. The van der Waals surface area contributed by atoms with E-state index in [1.54, 1.807) is 11.5 Å². The molecule has 0 bridgehead atoms. The zero-order valence-corrected chi connectivity index (χ0v) is 8.77. The summed E-state index contributed by atoms with van der Waals surface area (Å²) in [6.07, 6.45) is 3.09. The highest BCUT2D eigenvalue weighted by Crippen LogP contribution is 2.20. The predicted molar refractivity (Wildman–Crippen MR) is 58.2 cm³/mol. The van der Waals surface area contributed by atoms with E-state index in [0.29, 0.717) is 0 Å². The van der Waals surface area contributed by atoms with Crippen molar-refractivity contribution in [2.45, 2.75) is 20.3 Å². The third-order valence-electron chi connectivity index (χ3n) is 2.06. The van der Waals surface area contributed by atoms with Gasteiger partial charge in [-0.15, -0.1) is 0 Å². The van der Waals surface area contributed by atoms with Crippen molar-refractivity contribution in [3.8, 4) is 0 Å². The van der Waals surface area contributed by atoms with Gasteiger partial charge in [-0.3, -0.25) is 0 Å². The summed E-state index contributed by atoms with van der Waals surface area (Å²) in [7, 11) is 0. The maximum Gasteiger partial charge on any atom is 0.0552 e. The first-order chi connectivity index (χ1) is 6.25. The van der Waals surface area contributed by atoms with Gasteiger partial charge < -0.3 is 0 Å². The van der Waals surface area contributed by atoms with Gasteiger partial charge in [-0.05, 0) is 35.5 Å². The summed E-state index contributed by atoms with van der Waals surface area (Å²) >= 11 is 1.58. The normalized spacial score (nSPS) is 11.3. The minimum atomic E-state index is 0.727. The molecule has 1 aromatic carbocycles. The van der Waals surface area contributed by atoms with Crippen molar-refractivity contribution >= 4 is 21.6 Å². The van der Waals surface area contributed by atoms with Gasteiger partial charge in [0.15, 0.2) is 0 Å². The van der Waals surface area contributed by atoms with Crippen molar-refractivity contribution < 1.29 is 0 Å². The van der Waals surface area contributed by atoms with Crippen LogP contribution in [0.15, 0.2) is 24.4 Å². The van der Waals surface area contributed by atoms with E-state index in [0.717, 1.165) is 12.3 Å². The summed E-state index contributed by atoms with van der Waals surface area (Å²) in [4.78, 5) is 0. The minimum absolute atomic E-state index is 0.727. The molecule has 1 nitrogen and oxygen atoms in total. The predicted octanol–water partition coefficient (Wildman–Crippen LogP) is 3.49. The van der Waals surface area contributed by atoms with Gasteiger partial charge in [0.25, 0.3) is 0 Å². The van der Waals surface area contributed by atoms with E-state index in [1.807, 2.05) is 6.20 Å². The van der Waals surface area contributed by atoms with Crippen molar-refractivity contribution in [2.75, 3.05) is 0 Å². The lowest BCUT2D eigenvalue weighted by Crippen LogP contribution is -1.92. The largest absolute Gasteiger partial charge is 0.200 e. The molecule has 2 rings (SSSR count). The molecule has 0 saturated carbocycles. The number of rotatable bonds is 2. The molecule has 0 amide bonds. The molecule has 0 atom stereocenters. The highest BCUT2D eigenvalue weighted by molar-refractivity contribution is 7.13. The minimum Gasteiger partial charge on any atom is -0.200 e. The summed E-state index contributed by atoms with van der Waals surface area (Å²) in [6, 6.07) is 6.63. The third kappa shape index (κ3) is 1.89. The SMILES string of the molecule is CC(C)Cc1ccc2cnsc2c1. The fourth-order valence-corrected chi connectivity index (χ4v) is 2.21. The third-order valence-corrected chi connectivity index (χ3v) is 2.83. The average Bonchev–Trinajstić information content (AvgIpc) is 2.49. The number of hydrogen-bond acceptors (Lipinski definition) is 2. The van der Waals surface area contributed by atoms with Gasteiger partial charge in [-0.1, -0.05) is 26.0 Å². The number of hydrogen-bond donors (Lipinski definition) is 0. The molecule has 0 aliphatic rings. The molecule has 2 heteroatoms. The summed E-state index contributed by atoms with van der Waals surface area (Å²) in [5.41, 5.74) is 1.42. The fourth-order valence-electron chi connectivity index (χ4n) is 1.50. The number of fused-ring (bicyclic) bond motifs is 1. The van der Waals surface area contributed by atoms with Gasteiger partial charge >= 0.3 is 0 Å². The average molecular weight is 191 g/mol. The van der Waals surface area contributed by atoms with Gasteiger partial charge in [0.1, 0.15) is 0 Å². The standard InChI is InChI=1S/C11H13NS/c1-8(2)5-9-3-4-10-7-12-13-11(10)6-9/h3-4,6-8H,5H2,1-2H3. The fraction of sp³-hybridized carbons (Fsp3) is 0.364. The molecule has 0 aliphatic heterocycles. The first-order valence-electron chi connectivity index (χ1n) is 4.59. The Morgan fingerprint density at radius 2 is 2.23 bits per heavy atom. The summed E-state index contributed by atoms with van der Waals surface area (Å²) < 4.78 is 5.47. The van der Waals surface area contributed by atoms with Crippen LogP contribution in [0.2, 0.25) is 0 Å². The Morgan fingerprint density at radius 3 is 3.00 bits per heavy atom. The van der Waals surface area contributed by atoms with Gasteiger partial charge in [-0.25, -0.2) is 0 Å². The Labute approximate surface area is 82.6 Å². The molecule has 0 radical (unpaired) electrons. The van der Waals surface area contributed by atoms with Crippen LogP contribution in [0.3, 0.4) is 0 Å². The van der Waals surface area contributed by atoms with Crippen LogP contribution in [0.25, 0.3) is 10.1 Å². The van der Waals surface area contributed by atoms with Crippen LogP contribution in [0.4, 0.5) is 0 Å². The topological polar surface area (TPSA) is 12.9 Å². The Kier molecular flexibility index (Phi) is 2.32. The zero-order valence-electron chi connectivity index (χ0n) is 7.95. The highest BCUT2D eigenvalue weighted by atomic mass is 32.1. The zero-order chi connectivity index (χ0) is 9.26. The summed E-state index contributed by atoms with van der Waals surface area (Å²) in [6.45, 7) is 4.49. The van der Waals surface area contributed by atoms with E-state index >= 15 is 0 Å². The van der Waals surface area contributed by atoms with Crippen molar-refractivity contribution in [3.63, 3.8) is 0 Å². The molecule has 0 saturated heterocycles. The number of benzene rings is 1. The first kappa shape index (κ1) is 8.70. The first-order valence-corrected chi connectivity index (χ1v) is 5.36. The molecule has 68 valence electrons. The van der Waals surface area contributed by atoms with E-state index < -0.39 is 0 Å². The second-order valence-electron chi connectivity index (χ2n) is 3.80. The molecule has 1 heterocycles. The summed E-state index contributed by atoms with van der Waals surface area (Å²) in [5, 5.41) is 1.26. The van der Waals surface area contributed by atoms with Crippen molar-refractivity contribution in [3.05, 3.63) is 30.0 Å². The van der Waals surface area contributed by atoms with Crippen LogP contribution in [0.1, 0.15) is 19.4 Å². The highest BCUT2D eigenvalue weighted by Gasteiger charge is 2.00. The van der Waals surface area contributed by atoms with E-state index in [4.69, 9.17) is 0 Å². The Hall–Kier alpha value is -0.890. The molecule has 0 N–H and O–H groups in total. The van der Waals surface area contributed by atoms with E-state index in [2.05, 4.69) is 36.4 Å². The van der Waals surface area contributed by atoms with Gasteiger partial charge in [0, 0.05) is 11.6 Å². The quantitative estimate of drug-likeness (QED) is 0.708. The smallest absolute Gasteiger partial charge is 0.0552 e. The molecular weight excluding hydrogens is 178 g/mol. The molecule has 13 heavy (non-hydrogen) atoms. The molecular formula is C11H13NS. The van der Waals surface area contributed by atoms with Crippen molar-refractivity contribution in [2.24, 2.45) is 5.92 Å². The monoisotopic (exact) mass is 191 g/mol. The van der Waals surface area contributed by atoms with Crippen LogP contribution in [-0.2, 0) is 6.42 Å². The van der Waals surface area contributed by atoms with Crippen LogP contribution >= 0.6 is 11.5 Å². The second-order valence-corrected chi connectivity index (χ2v) is 4.63.